The van der Waals surface area contributed by atoms with E-state index in [0.29, 0.717) is 12.6 Å². The number of ether oxygens (including phenoxy) is 1. The number of carbonyl (C=O) groups is 1. The summed E-state index contributed by atoms with van der Waals surface area (Å²) in [5.41, 5.74) is 1.75. The second-order valence-corrected chi connectivity index (χ2v) is 7.20. The first kappa shape index (κ1) is 17.6. The molecule has 1 saturated carbocycles. The Morgan fingerprint density at radius 1 is 1.22 bits per heavy atom. The van der Waals surface area contributed by atoms with Crippen LogP contribution in [0.15, 0.2) is 42.6 Å². The Morgan fingerprint density at radius 2 is 2.00 bits per heavy atom. The van der Waals surface area contributed by atoms with Gasteiger partial charge in [0.15, 0.2) is 0 Å². The minimum Gasteiger partial charge on any atom is -0.496 e. The van der Waals surface area contributed by atoms with Crippen molar-refractivity contribution in [2.24, 2.45) is 0 Å². The molecule has 1 aliphatic carbocycles. The molecule has 2 aromatic rings. The lowest BCUT2D eigenvalue weighted by atomic mass is 10.2. The highest BCUT2D eigenvalue weighted by atomic mass is 16.5. The second-order valence-electron chi connectivity index (χ2n) is 7.20. The van der Waals surface area contributed by atoms with Gasteiger partial charge in [-0.05, 0) is 43.9 Å². The number of para-hydroxylation sites is 1. The van der Waals surface area contributed by atoms with Gasteiger partial charge in [0.1, 0.15) is 11.6 Å². The maximum absolute atomic E-state index is 12.9. The molecule has 2 fully saturated rings. The number of hydrogen-bond acceptors (Lipinski definition) is 4. The minimum atomic E-state index is -0.0841. The van der Waals surface area contributed by atoms with E-state index >= 15 is 0 Å². The smallest absolute Gasteiger partial charge is 0.322 e. The van der Waals surface area contributed by atoms with Crippen molar-refractivity contribution in [3.05, 3.63) is 48.2 Å². The summed E-state index contributed by atoms with van der Waals surface area (Å²) in [6, 6.07) is 12.0. The molecule has 1 saturated heterocycles. The van der Waals surface area contributed by atoms with Gasteiger partial charge in [-0.15, -0.1) is 0 Å². The number of rotatable bonds is 6. The molecule has 1 aromatic heterocycles. The van der Waals surface area contributed by atoms with Crippen LogP contribution >= 0.6 is 0 Å². The maximum Gasteiger partial charge on any atom is 0.322 e. The molecule has 1 aliphatic heterocycles. The van der Waals surface area contributed by atoms with E-state index in [0.717, 1.165) is 48.7 Å². The topological polar surface area (TPSA) is 57.7 Å². The highest BCUT2D eigenvalue weighted by Crippen LogP contribution is 2.31. The van der Waals surface area contributed by atoms with Crippen LogP contribution in [-0.4, -0.2) is 42.2 Å². The number of nitrogens with zero attached hydrogens (tertiary/aromatic N) is 3. The third-order valence-electron chi connectivity index (χ3n) is 5.21. The molecule has 142 valence electrons. The lowest BCUT2D eigenvalue weighted by Crippen LogP contribution is -2.36. The molecule has 0 atom stereocenters. The molecule has 0 unspecified atom stereocenters. The lowest BCUT2D eigenvalue weighted by Gasteiger charge is -2.24. The molecular weight excluding hydrogens is 340 g/mol. The fourth-order valence-electron chi connectivity index (χ4n) is 3.56. The Hall–Kier alpha value is -2.76. The number of anilines is 2. The highest BCUT2D eigenvalue weighted by molar-refractivity contribution is 5.89. The zero-order valence-corrected chi connectivity index (χ0v) is 15.7. The summed E-state index contributed by atoms with van der Waals surface area (Å²) in [7, 11) is 1.66. The van der Waals surface area contributed by atoms with Crippen molar-refractivity contribution in [1.29, 1.82) is 0 Å². The summed E-state index contributed by atoms with van der Waals surface area (Å²) in [6.45, 7) is 2.67. The molecule has 2 heterocycles. The molecule has 0 bridgehead atoms. The number of methoxy groups -OCH3 is 1. The van der Waals surface area contributed by atoms with Crippen LogP contribution in [0.2, 0.25) is 0 Å². The van der Waals surface area contributed by atoms with Gasteiger partial charge in [-0.25, -0.2) is 9.78 Å². The van der Waals surface area contributed by atoms with Gasteiger partial charge in [-0.3, -0.25) is 0 Å². The second kappa shape index (κ2) is 7.86. The van der Waals surface area contributed by atoms with Gasteiger partial charge in [0.05, 0.1) is 25.5 Å². The van der Waals surface area contributed by atoms with Crippen LogP contribution in [0, 0.1) is 0 Å². The third kappa shape index (κ3) is 4.15. The molecule has 6 nitrogen and oxygen atoms in total. The van der Waals surface area contributed by atoms with E-state index < -0.39 is 0 Å². The van der Waals surface area contributed by atoms with Gasteiger partial charge in [-0.1, -0.05) is 18.2 Å². The van der Waals surface area contributed by atoms with Gasteiger partial charge >= 0.3 is 6.03 Å². The van der Waals surface area contributed by atoms with E-state index in [4.69, 9.17) is 4.74 Å². The number of nitrogens with one attached hydrogen (secondary N) is 1. The molecule has 2 aliphatic rings. The average molecular weight is 366 g/mol. The van der Waals surface area contributed by atoms with Gasteiger partial charge in [0.2, 0.25) is 0 Å². The predicted octanol–water partition coefficient (Wildman–Crippen LogP) is 3.89. The predicted molar refractivity (Wildman–Crippen MR) is 106 cm³/mol. The van der Waals surface area contributed by atoms with Crippen LogP contribution in [0.25, 0.3) is 0 Å². The Balaban J connectivity index is 1.43. The number of amides is 2. The lowest BCUT2D eigenvalue weighted by molar-refractivity contribution is 0.205. The first-order chi connectivity index (χ1) is 13.2. The summed E-state index contributed by atoms with van der Waals surface area (Å²) in [5.74, 6) is 1.80. The van der Waals surface area contributed by atoms with E-state index in [1.807, 2.05) is 41.3 Å². The van der Waals surface area contributed by atoms with Crippen molar-refractivity contribution in [2.75, 3.05) is 30.4 Å². The van der Waals surface area contributed by atoms with Crippen LogP contribution in [0.3, 0.4) is 0 Å². The van der Waals surface area contributed by atoms with E-state index in [1.165, 1.54) is 12.8 Å². The molecule has 4 rings (SSSR count). The van der Waals surface area contributed by atoms with Crippen molar-refractivity contribution >= 4 is 17.5 Å². The van der Waals surface area contributed by atoms with Crippen LogP contribution in [0.1, 0.15) is 31.2 Å². The number of benzene rings is 1. The SMILES string of the molecule is COc1ccccc1CN(C(=O)Nc1ccc(N2CCCC2)nc1)C1CC1. The van der Waals surface area contributed by atoms with Gasteiger partial charge in [0, 0.05) is 24.7 Å². The monoisotopic (exact) mass is 366 g/mol. The van der Waals surface area contributed by atoms with Crippen molar-refractivity contribution in [1.82, 2.24) is 9.88 Å². The molecule has 0 spiro atoms. The summed E-state index contributed by atoms with van der Waals surface area (Å²) in [5, 5.41) is 3.00. The van der Waals surface area contributed by atoms with Crippen molar-refractivity contribution in [2.45, 2.75) is 38.3 Å². The number of carbonyl (C=O) groups excluding carboxylic acids is 1. The molecule has 6 heteroatoms. The van der Waals surface area contributed by atoms with Gasteiger partial charge < -0.3 is 19.9 Å². The Morgan fingerprint density at radius 3 is 2.67 bits per heavy atom. The van der Waals surface area contributed by atoms with Crippen LogP contribution in [0.4, 0.5) is 16.3 Å². The summed E-state index contributed by atoms with van der Waals surface area (Å²) in [6.07, 6.45) is 6.29. The van der Waals surface area contributed by atoms with E-state index in [9.17, 15) is 4.79 Å². The van der Waals surface area contributed by atoms with Crippen LogP contribution in [0.5, 0.6) is 5.75 Å². The van der Waals surface area contributed by atoms with Gasteiger partial charge in [-0.2, -0.15) is 0 Å². The third-order valence-corrected chi connectivity index (χ3v) is 5.21. The van der Waals surface area contributed by atoms with Crippen molar-refractivity contribution in [3.8, 4) is 5.75 Å². The molecule has 0 radical (unpaired) electrons. The number of pyridine rings is 1. The van der Waals surface area contributed by atoms with Crippen LogP contribution < -0.4 is 15.0 Å². The largest absolute Gasteiger partial charge is 0.496 e. The maximum atomic E-state index is 12.9. The zero-order chi connectivity index (χ0) is 18.6. The van der Waals surface area contributed by atoms with Crippen LogP contribution in [-0.2, 0) is 6.54 Å². The summed E-state index contributed by atoms with van der Waals surface area (Å²) >= 11 is 0. The first-order valence-corrected chi connectivity index (χ1v) is 9.65. The molecule has 27 heavy (non-hydrogen) atoms. The van der Waals surface area contributed by atoms with E-state index in [2.05, 4.69) is 15.2 Å². The Kier molecular flexibility index (Phi) is 5.14. The average Bonchev–Trinajstić information content (AvgIpc) is 3.39. The molecular formula is C21H26N4O2. The Labute approximate surface area is 160 Å². The highest BCUT2D eigenvalue weighted by Gasteiger charge is 2.33. The van der Waals surface area contributed by atoms with Gasteiger partial charge in [0.25, 0.3) is 0 Å². The van der Waals surface area contributed by atoms with Crippen molar-refractivity contribution < 1.29 is 9.53 Å². The van der Waals surface area contributed by atoms with Crippen molar-refractivity contribution in [3.63, 3.8) is 0 Å². The molecule has 1 N–H and O–H groups in total. The first-order valence-electron chi connectivity index (χ1n) is 9.65. The fraction of sp³-hybridized carbons (Fsp3) is 0.429. The number of hydrogen-bond donors (Lipinski definition) is 1. The quantitative estimate of drug-likeness (QED) is 0.843. The molecule has 1 aromatic carbocycles. The zero-order valence-electron chi connectivity index (χ0n) is 15.7. The summed E-state index contributed by atoms with van der Waals surface area (Å²) < 4.78 is 5.43. The molecule has 2 amide bonds. The van der Waals surface area contributed by atoms with E-state index in [-0.39, 0.29) is 6.03 Å². The number of urea groups is 1. The standard InChI is InChI=1S/C21H26N4O2/c1-27-19-7-3-2-6-16(19)15-25(18-9-10-18)21(26)23-17-8-11-20(22-14-17)24-12-4-5-13-24/h2-3,6-8,11,14,18H,4-5,9-10,12-13,15H2,1H3,(H,23,26). The Bertz CT molecular complexity index is 783. The number of aromatic nitrogens is 1. The van der Waals surface area contributed by atoms with E-state index in [1.54, 1.807) is 13.3 Å². The summed E-state index contributed by atoms with van der Waals surface area (Å²) in [4.78, 5) is 21.6. The minimum absolute atomic E-state index is 0.0841. The fourth-order valence-corrected chi connectivity index (χ4v) is 3.56. The normalized spacial score (nSPS) is 16.3.